The van der Waals surface area contributed by atoms with Crippen LogP contribution in [0.3, 0.4) is 0 Å². The van der Waals surface area contributed by atoms with Crippen molar-refractivity contribution in [3.8, 4) is 5.75 Å². The lowest BCUT2D eigenvalue weighted by Crippen LogP contribution is -2.31. The van der Waals surface area contributed by atoms with Crippen LogP contribution in [0.4, 0.5) is 0 Å². The Hall–Kier alpha value is -1.55. The van der Waals surface area contributed by atoms with E-state index in [1.165, 1.54) is 25.9 Å². The van der Waals surface area contributed by atoms with Gasteiger partial charge in [0, 0.05) is 6.04 Å². The molecule has 0 radical (unpaired) electrons. The van der Waals surface area contributed by atoms with E-state index < -0.39 is 0 Å². The largest absolute Gasteiger partial charge is 0.491 e. The lowest BCUT2D eigenvalue weighted by atomic mass is 10.2. The van der Waals surface area contributed by atoms with Crippen LogP contribution in [0.5, 0.6) is 5.75 Å². The van der Waals surface area contributed by atoms with E-state index in [1.54, 1.807) is 12.1 Å². The summed E-state index contributed by atoms with van der Waals surface area (Å²) in [5.41, 5.74) is 0.574. The lowest BCUT2D eigenvalue weighted by molar-refractivity contribution is 0.0470. The summed E-state index contributed by atoms with van der Waals surface area (Å²) in [6.45, 7) is 8.98. The Morgan fingerprint density at radius 3 is 2.36 bits per heavy atom. The molecule has 1 heterocycles. The van der Waals surface area contributed by atoms with Crippen LogP contribution in [0.15, 0.2) is 24.3 Å². The summed E-state index contributed by atoms with van der Waals surface area (Å²) >= 11 is 0. The Kier molecular flexibility index (Phi) is 6.25. The zero-order chi connectivity index (χ0) is 15.9. The van der Waals surface area contributed by atoms with E-state index in [0.29, 0.717) is 18.2 Å². The van der Waals surface area contributed by atoms with Crippen molar-refractivity contribution < 1.29 is 14.3 Å². The third-order valence-corrected chi connectivity index (χ3v) is 3.99. The number of esters is 1. The van der Waals surface area contributed by atoms with Gasteiger partial charge in [0.15, 0.2) is 0 Å². The van der Waals surface area contributed by atoms with Crippen LogP contribution in [-0.2, 0) is 4.74 Å². The molecule has 4 nitrogen and oxygen atoms in total. The first kappa shape index (κ1) is 16.8. The van der Waals surface area contributed by atoms with E-state index in [1.807, 2.05) is 26.0 Å². The highest BCUT2D eigenvalue weighted by Crippen LogP contribution is 2.16. The average molecular weight is 305 g/mol. The first-order valence-electron chi connectivity index (χ1n) is 8.24. The SMILES string of the molecule is CC(C)Oc1ccc(C(=O)OCC[C@@H](C)N2CCCC2)cc1. The van der Waals surface area contributed by atoms with Crippen molar-refractivity contribution in [1.82, 2.24) is 4.90 Å². The molecular formula is C18H27NO3. The molecule has 0 amide bonds. The van der Waals surface area contributed by atoms with Gasteiger partial charge in [-0.25, -0.2) is 4.79 Å². The minimum Gasteiger partial charge on any atom is -0.491 e. The van der Waals surface area contributed by atoms with Gasteiger partial charge in [0.05, 0.1) is 18.3 Å². The molecule has 2 rings (SSSR count). The number of carbonyl (C=O) groups is 1. The first-order chi connectivity index (χ1) is 10.6. The normalized spacial score (nSPS) is 16.7. The van der Waals surface area contributed by atoms with Gasteiger partial charge >= 0.3 is 5.97 Å². The standard InChI is InChI=1S/C18H27NO3/c1-14(2)22-17-8-6-16(7-9-17)18(20)21-13-10-15(3)19-11-4-5-12-19/h6-9,14-15H,4-5,10-13H2,1-3H3/t15-/m1/s1. The van der Waals surface area contributed by atoms with Crippen molar-refractivity contribution in [2.75, 3.05) is 19.7 Å². The van der Waals surface area contributed by atoms with Crippen LogP contribution in [0, 0.1) is 0 Å². The molecular weight excluding hydrogens is 278 g/mol. The summed E-state index contributed by atoms with van der Waals surface area (Å²) in [5.74, 6) is 0.513. The molecule has 0 bridgehead atoms. The number of rotatable bonds is 7. The Bertz CT molecular complexity index is 464. The second-order valence-corrected chi connectivity index (χ2v) is 6.21. The van der Waals surface area contributed by atoms with Crippen molar-refractivity contribution in [1.29, 1.82) is 0 Å². The summed E-state index contributed by atoms with van der Waals surface area (Å²) in [7, 11) is 0. The predicted molar refractivity (Wildman–Crippen MR) is 87.4 cm³/mol. The van der Waals surface area contributed by atoms with Gasteiger partial charge in [-0.3, -0.25) is 0 Å². The van der Waals surface area contributed by atoms with E-state index in [9.17, 15) is 4.79 Å². The molecule has 0 saturated carbocycles. The fourth-order valence-electron chi connectivity index (χ4n) is 2.71. The van der Waals surface area contributed by atoms with Crippen LogP contribution >= 0.6 is 0 Å². The Morgan fingerprint density at radius 2 is 1.77 bits per heavy atom. The fraction of sp³-hybridized carbons (Fsp3) is 0.611. The number of hydrogen-bond donors (Lipinski definition) is 0. The highest BCUT2D eigenvalue weighted by molar-refractivity contribution is 5.89. The van der Waals surface area contributed by atoms with Crippen molar-refractivity contribution >= 4 is 5.97 Å². The highest BCUT2D eigenvalue weighted by atomic mass is 16.5. The molecule has 0 aliphatic carbocycles. The molecule has 0 aromatic heterocycles. The van der Waals surface area contributed by atoms with Crippen molar-refractivity contribution in [2.45, 2.75) is 52.2 Å². The molecule has 0 N–H and O–H groups in total. The third-order valence-electron chi connectivity index (χ3n) is 3.99. The minimum absolute atomic E-state index is 0.130. The van der Waals surface area contributed by atoms with Crippen molar-refractivity contribution in [3.63, 3.8) is 0 Å². The van der Waals surface area contributed by atoms with Crippen LogP contribution in [-0.4, -0.2) is 42.7 Å². The van der Waals surface area contributed by atoms with Crippen molar-refractivity contribution in [2.24, 2.45) is 0 Å². The summed E-state index contributed by atoms with van der Waals surface area (Å²) < 4.78 is 10.9. The van der Waals surface area contributed by atoms with Gasteiger partial charge in [-0.2, -0.15) is 0 Å². The summed E-state index contributed by atoms with van der Waals surface area (Å²) in [5, 5.41) is 0. The van der Waals surface area contributed by atoms with E-state index >= 15 is 0 Å². The molecule has 1 atom stereocenters. The quantitative estimate of drug-likeness (QED) is 0.723. The molecule has 1 aromatic rings. The molecule has 0 unspecified atom stereocenters. The molecule has 1 aliphatic heterocycles. The summed E-state index contributed by atoms with van der Waals surface area (Å²) in [6, 6.07) is 7.61. The molecule has 1 saturated heterocycles. The predicted octanol–water partition coefficient (Wildman–Crippen LogP) is 3.51. The van der Waals surface area contributed by atoms with E-state index in [0.717, 1.165) is 12.2 Å². The Balaban J connectivity index is 1.74. The second kappa shape index (κ2) is 8.18. The zero-order valence-corrected chi connectivity index (χ0v) is 13.9. The molecule has 4 heteroatoms. The van der Waals surface area contributed by atoms with E-state index in [4.69, 9.17) is 9.47 Å². The van der Waals surface area contributed by atoms with Crippen LogP contribution in [0.25, 0.3) is 0 Å². The maximum Gasteiger partial charge on any atom is 0.338 e. The fourth-order valence-corrected chi connectivity index (χ4v) is 2.71. The number of likely N-dealkylation sites (tertiary alicyclic amines) is 1. The van der Waals surface area contributed by atoms with E-state index in [-0.39, 0.29) is 12.1 Å². The second-order valence-electron chi connectivity index (χ2n) is 6.21. The third kappa shape index (κ3) is 5.02. The minimum atomic E-state index is -0.260. The maximum atomic E-state index is 12.0. The number of carbonyl (C=O) groups excluding carboxylic acids is 1. The van der Waals surface area contributed by atoms with Gasteiger partial charge in [-0.05, 0) is 77.4 Å². The number of nitrogens with zero attached hydrogens (tertiary/aromatic N) is 1. The highest BCUT2D eigenvalue weighted by Gasteiger charge is 2.18. The Morgan fingerprint density at radius 1 is 1.14 bits per heavy atom. The van der Waals surface area contributed by atoms with Crippen molar-refractivity contribution in [3.05, 3.63) is 29.8 Å². The van der Waals surface area contributed by atoms with Gasteiger partial charge in [-0.15, -0.1) is 0 Å². The number of benzene rings is 1. The molecule has 1 aliphatic rings. The first-order valence-corrected chi connectivity index (χ1v) is 8.24. The smallest absolute Gasteiger partial charge is 0.338 e. The molecule has 0 spiro atoms. The zero-order valence-electron chi connectivity index (χ0n) is 13.9. The molecule has 22 heavy (non-hydrogen) atoms. The van der Waals surface area contributed by atoms with Gasteiger partial charge in [-0.1, -0.05) is 0 Å². The summed E-state index contributed by atoms with van der Waals surface area (Å²) in [4.78, 5) is 14.5. The molecule has 1 aromatic carbocycles. The van der Waals surface area contributed by atoms with E-state index in [2.05, 4.69) is 11.8 Å². The number of ether oxygens (including phenoxy) is 2. The Labute approximate surface area is 133 Å². The van der Waals surface area contributed by atoms with Gasteiger partial charge in [0.25, 0.3) is 0 Å². The monoisotopic (exact) mass is 305 g/mol. The summed E-state index contributed by atoms with van der Waals surface area (Å²) in [6.07, 6.45) is 3.59. The van der Waals surface area contributed by atoms with Crippen LogP contribution < -0.4 is 4.74 Å². The van der Waals surface area contributed by atoms with Crippen LogP contribution in [0.2, 0.25) is 0 Å². The molecule has 1 fully saturated rings. The van der Waals surface area contributed by atoms with Gasteiger partial charge in [0.1, 0.15) is 5.75 Å². The van der Waals surface area contributed by atoms with Gasteiger partial charge < -0.3 is 14.4 Å². The maximum absolute atomic E-state index is 12.0. The average Bonchev–Trinajstić information content (AvgIpc) is 3.01. The lowest BCUT2D eigenvalue weighted by Gasteiger charge is -2.23. The topological polar surface area (TPSA) is 38.8 Å². The molecule has 122 valence electrons. The number of hydrogen-bond acceptors (Lipinski definition) is 4. The van der Waals surface area contributed by atoms with Crippen LogP contribution in [0.1, 0.15) is 50.4 Å². The van der Waals surface area contributed by atoms with Gasteiger partial charge in [0.2, 0.25) is 0 Å².